The molecule has 0 fully saturated rings. The fraction of sp³-hybridized carbons (Fsp3) is 0.208. The Kier molecular flexibility index (Phi) is 6.91. The molecule has 0 radical (unpaired) electrons. The van der Waals surface area contributed by atoms with E-state index in [1.165, 1.54) is 42.5 Å². The van der Waals surface area contributed by atoms with Crippen molar-refractivity contribution in [3.63, 3.8) is 0 Å². The highest BCUT2D eigenvalue weighted by Crippen LogP contribution is 2.34. The first-order valence-electron chi connectivity index (χ1n) is 10.3. The van der Waals surface area contributed by atoms with Gasteiger partial charge >= 0.3 is 0 Å². The Balaban J connectivity index is 1.69. The standard InChI is InChI=1S/C24H21BrClFN2O3S/c1-16-12-18-13-19(25)6-11-23(18)29(16)24(30)15-28(14-17-4-2-3-5-22(17)27)33(31,32)21-9-7-20(26)8-10-21/h2-11,13,16H,12,14-15H2,1H3/t16-/m1/s1. The molecule has 1 aliphatic heterocycles. The number of halogens is 3. The molecule has 1 amide bonds. The van der Waals surface area contributed by atoms with Crippen molar-refractivity contribution >= 4 is 49.1 Å². The van der Waals surface area contributed by atoms with Crippen LogP contribution in [-0.4, -0.2) is 31.2 Å². The summed E-state index contributed by atoms with van der Waals surface area (Å²) in [7, 11) is -4.11. The van der Waals surface area contributed by atoms with Gasteiger partial charge < -0.3 is 4.90 Å². The topological polar surface area (TPSA) is 57.7 Å². The van der Waals surface area contributed by atoms with Crippen molar-refractivity contribution in [3.8, 4) is 0 Å². The van der Waals surface area contributed by atoms with E-state index in [-0.39, 0.29) is 29.0 Å². The van der Waals surface area contributed by atoms with Crippen molar-refractivity contribution in [1.82, 2.24) is 4.31 Å². The molecule has 0 spiro atoms. The van der Waals surface area contributed by atoms with Gasteiger partial charge in [0.05, 0.1) is 11.4 Å². The van der Waals surface area contributed by atoms with Crippen molar-refractivity contribution in [3.05, 3.63) is 93.2 Å². The number of carbonyl (C=O) groups excluding carboxylic acids is 1. The van der Waals surface area contributed by atoms with Gasteiger partial charge in [-0.25, -0.2) is 12.8 Å². The Hall–Kier alpha value is -2.26. The van der Waals surface area contributed by atoms with Crippen LogP contribution in [0.5, 0.6) is 0 Å². The summed E-state index contributed by atoms with van der Waals surface area (Å²) in [5, 5.41) is 0.388. The summed E-state index contributed by atoms with van der Waals surface area (Å²) in [5.41, 5.74) is 1.94. The zero-order valence-electron chi connectivity index (χ0n) is 17.7. The lowest BCUT2D eigenvalue weighted by Gasteiger charge is -2.28. The highest BCUT2D eigenvalue weighted by molar-refractivity contribution is 9.10. The van der Waals surface area contributed by atoms with Crippen LogP contribution < -0.4 is 4.90 Å². The van der Waals surface area contributed by atoms with E-state index in [4.69, 9.17) is 11.6 Å². The average Bonchev–Trinajstić information content (AvgIpc) is 3.09. The number of sulfonamides is 1. The lowest BCUT2D eigenvalue weighted by atomic mass is 10.1. The summed E-state index contributed by atoms with van der Waals surface area (Å²) in [6.07, 6.45) is 0.664. The molecule has 1 heterocycles. The van der Waals surface area contributed by atoms with Crippen LogP contribution in [0.1, 0.15) is 18.1 Å². The molecule has 5 nitrogen and oxygen atoms in total. The van der Waals surface area contributed by atoms with Crippen LogP contribution in [0.25, 0.3) is 0 Å². The van der Waals surface area contributed by atoms with Gasteiger partial charge in [0.25, 0.3) is 0 Å². The van der Waals surface area contributed by atoms with Gasteiger partial charge in [0, 0.05) is 33.3 Å². The van der Waals surface area contributed by atoms with Gasteiger partial charge in [0.2, 0.25) is 15.9 Å². The summed E-state index contributed by atoms with van der Waals surface area (Å²) < 4.78 is 43.2. The van der Waals surface area contributed by atoms with Gasteiger partial charge in [-0.1, -0.05) is 45.7 Å². The third-order valence-electron chi connectivity index (χ3n) is 5.59. The second-order valence-corrected chi connectivity index (χ2v) is 11.2. The van der Waals surface area contributed by atoms with E-state index in [0.29, 0.717) is 11.4 Å². The Labute approximate surface area is 206 Å². The first-order chi connectivity index (χ1) is 15.7. The molecular formula is C24H21BrClFN2O3S. The molecule has 0 aliphatic carbocycles. The first-order valence-corrected chi connectivity index (χ1v) is 12.9. The summed E-state index contributed by atoms with van der Waals surface area (Å²) in [6, 6.07) is 17.1. The lowest BCUT2D eigenvalue weighted by molar-refractivity contribution is -0.119. The van der Waals surface area contributed by atoms with E-state index in [9.17, 15) is 17.6 Å². The number of benzene rings is 3. The van der Waals surface area contributed by atoms with Gasteiger partial charge in [0.15, 0.2) is 0 Å². The Morgan fingerprint density at radius 1 is 1.15 bits per heavy atom. The normalized spacial score (nSPS) is 15.7. The molecule has 0 bridgehead atoms. The maximum Gasteiger partial charge on any atom is 0.243 e. The molecule has 0 saturated heterocycles. The number of anilines is 1. The van der Waals surface area contributed by atoms with Crippen molar-refractivity contribution in [2.24, 2.45) is 0 Å². The van der Waals surface area contributed by atoms with Crippen LogP contribution in [0.15, 0.2) is 76.1 Å². The highest BCUT2D eigenvalue weighted by atomic mass is 79.9. The highest BCUT2D eigenvalue weighted by Gasteiger charge is 2.35. The fourth-order valence-electron chi connectivity index (χ4n) is 4.00. The molecular weight excluding hydrogens is 531 g/mol. The minimum absolute atomic E-state index is 0.0187. The number of hydrogen-bond acceptors (Lipinski definition) is 3. The maximum atomic E-state index is 14.4. The van der Waals surface area contributed by atoms with E-state index in [1.807, 2.05) is 25.1 Å². The molecule has 0 N–H and O–H groups in total. The summed E-state index contributed by atoms with van der Waals surface area (Å²) >= 11 is 9.36. The molecule has 9 heteroatoms. The molecule has 0 saturated carbocycles. The number of nitrogens with zero attached hydrogens (tertiary/aromatic N) is 2. The van der Waals surface area contributed by atoms with Crippen LogP contribution >= 0.6 is 27.5 Å². The number of fused-ring (bicyclic) bond motifs is 1. The minimum atomic E-state index is -4.11. The van der Waals surface area contributed by atoms with Gasteiger partial charge in [-0.2, -0.15) is 4.31 Å². The van der Waals surface area contributed by atoms with Gasteiger partial charge in [-0.3, -0.25) is 4.79 Å². The summed E-state index contributed by atoms with van der Waals surface area (Å²) in [5.74, 6) is -0.913. The molecule has 33 heavy (non-hydrogen) atoms. The number of carbonyl (C=O) groups is 1. The third-order valence-corrected chi connectivity index (χ3v) is 8.14. The van der Waals surface area contributed by atoms with Crippen LogP contribution in [0, 0.1) is 5.82 Å². The van der Waals surface area contributed by atoms with Crippen LogP contribution in [0.4, 0.5) is 10.1 Å². The van der Waals surface area contributed by atoms with Gasteiger partial charge in [-0.15, -0.1) is 0 Å². The number of hydrogen-bond donors (Lipinski definition) is 0. The molecule has 172 valence electrons. The molecule has 4 rings (SSSR count). The molecule has 1 aliphatic rings. The van der Waals surface area contributed by atoms with Crippen molar-refractivity contribution in [2.75, 3.05) is 11.4 Å². The maximum absolute atomic E-state index is 14.4. The Morgan fingerprint density at radius 3 is 2.55 bits per heavy atom. The van der Waals surface area contributed by atoms with Gasteiger partial charge in [0.1, 0.15) is 5.82 Å². The molecule has 0 aromatic heterocycles. The van der Waals surface area contributed by atoms with Crippen LogP contribution in [-0.2, 0) is 27.8 Å². The predicted molar refractivity (Wildman–Crippen MR) is 130 cm³/mol. The second-order valence-electron chi connectivity index (χ2n) is 7.91. The Morgan fingerprint density at radius 2 is 1.85 bits per heavy atom. The SMILES string of the molecule is C[C@@H]1Cc2cc(Br)ccc2N1C(=O)CN(Cc1ccccc1F)S(=O)(=O)c1ccc(Cl)cc1. The molecule has 0 unspecified atom stereocenters. The van der Waals surface area contributed by atoms with Crippen LogP contribution in [0.3, 0.4) is 0 Å². The van der Waals surface area contributed by atoms with E-state index in [1.54, 1.807) is 11.0 Å². The van der Waals surface area contributed by atoms with E-state index in [2.05, 4.69) is 15.9 Å². The number of rotatable bonds is 6. The third kappa shape index (κ3) is 4.99. The van der Waals surface area contributed by atoms with Crippen molar-refractivity contribution in [1.29, 1.82) is 0 Å². The lowest BCUT2D eigenvalue weighted by Crippen LogP contribution is -2.44. The molecule has 3 aromatic rings. The van der Waals surface area contributed by atoms with Crippen molar-refractivity contribution in [2.45, 2.75) is 30.8 Å². The zero-order chi connectivity index (χ0) is 23.8. The zero-order valence-corrected chi connectivity index (χ0v) is 20.9. The first kappa shape index (κ1) is 23.9. The molecule has 1 atom stereocenters. The van der Waals surface area contributed by atoms with E-state index >= 15 is 0 Å². The van der Waals surface area contributed by atoms with Crippen molar-refractivity contribution < 1.29 is 17.6 Å². The smallest absolute Gasteiger partial charge is 0.243 e. The minimum Gasteiger partial charge on any atom is -0.308 e. The summed E-state index contributed by atoms with van der Waals surface area (Å²) in [4.78, 5) is 15.0. The quantitative estimate of drug-likeness (QED) is 0.412. The van der Waals surface area contributed by atoms with Gasteiger partial charge in [-0.05, 0) is 67.4 Å². The number of amides is 1. The second kappa shape index (κ2) is 9.54. The Bertz CT molecular complexity index is 1300. The monoisotopic (exact) mass is 550 g/mol. The predicted octanol–water partition coefficient (Wildman–Crippen LogP) is 5.41. The van der Waals surface area contributed by atoms with E-state index < -0.39 is 22.4 Å². The van der Waals surface area contributed by atoms with Crippen LogP contribution in [0.2, 0.25) is 5.02 Å². The average molecular weight is 552 g/mol. The summed E-state index contributed by atoms with van der Waals surface area (Å²) in [6.45, 7) is 1.21. The largest absolute Gasteiger partial charge is 0.308 e. The van der Waals surface area contributed by atoms with E-state index in [0.717, 1.165) is 20.0 Å². The molecule has 3 aromatic carbocycles. The fourth-order valence-corrected chi connectivity index (χ4v) is 5.91.